The number of nitrogens with zero attached hydrogens (tertiary/aromatic N) is 1. The van der Waals surface area contributed by atoms with Gasteiger partial charge in [0.1, 0.15) is 0 Å². The van der Waals surface area contributed by atoms with E-state index in [0.717, 1.165) is 18.4 Å². The van der Waals surface area contributed by atoms with Gasteiger partial charge in [-0.2, -0.15) is 0 Å². The van der Waals surface area contributed by atoms with Crippen molar-refractivity contribution in [3.63, 3.8) is 0 Å². The lowest BCUT2D eigenvalue weighted by molar-refractivity contribution is 0.0695. The van der Waals surface area contributed by atoms with Gasteiger partial charge in [-0.05, 0) is 30.4 Å². The van der Waals surface area contributed by atoms with E-state index in [-0.39, 0.29) is 12.4 Å². The van der Waals surface area contributed by atoms with E-state index >= 15 is 0 Å². The van der Waals surface area contributed by atoms with Gasteiger partial charge in [0.05, 0.1) is 5.56 Å². The molecule has 1 fully saturated rings. The second-order valence-corrected chi connectivity index (χ2v) is 3.04. The van der Waals surface area contributed by atoms with Crippen molar-refractivity contribution in [2.24, 2.45) is 0 Å². The molecule has 4 heteroatoms. The van der Waals surface area contributed by atoms with Gasteiger partial charge < -0.3 is 5.11 Å². The van der Waals surface area contributed by atoms with E-state index in [9.17, 15) is 4.79 Å². The van der Waals surface area contributed by atoms with Crippen LogP contribution in [0.1, 0.15) is 34.7 Å². The Morgan fingerprint density at radius 2 is 2.23 bits per heavy atom. The number of rotatable bonds is 2. The number of halogens is 1. The van der Waals surface area contributed by atoms with Crippen LogP contribution in [-0.2, 0) is 0 Å². The predicted octanol–water partition coefficient (Wildman–Crippen LogP) is 2.08. The van der Waals surface area contributed by atoms with Crippen LogP contribution in [0.3, 0.4) is 0 Å². The summed E-state index contributed by atoms with van der Waals surface area (Å²) < 4.78 is 0. The average molecular weight is 200 g/mol. The van der Waals surface area contributed by atoms with E-state index in [1.807, 2.05) is 0 Å². The third-order valence-electron chi connectivity index (χ3n) is 2.10. The van der Waals surface area contributed by atoms with Crippen LogP contribution in [0.25, 0.3) is 0 Å². The number of pyridine rings is 1. The fraction of sp³-hybridized carbons (Fsp3) is 0.333. The van der Waals surface area contributed by atoms with Gasteiger partial charge in [0.15, 0.2) is 0 Å². The molecule has 13 heavy (non-hydrogen) atoms. The van der Waals surface area contributed by atoms with Gasteiger partial charge >= 0.3 is 5.97 Å². The number of carboxylic acids is 1. The molecule has 1 N–H and O–H groups in total. The van der Waals surface area contributed by atoms with Crippen molar-refractivity contribution < 1.29 is 9.90 Å². The fourth-order valence-electron chi connectivity index (χ4n) is 1.32. The standard InChI is InChI=1S/C9H9NO2.ClH/c11-9(12)7-3-4-10-5-8(7)6-1-2-6;/h3-6H,1-2H2,(H,11,12);1H. The van der Waals surface area contributed by atoms with Crippen molar-refractivity contribution in [2.75, 3.05) is 0 Å². The molecule has 3 nitrogen and oxygen atoms in total. The summed E-state index contributed by atoms with van der Waals surface area (Å²) in [5.74, 6) is -0.399. The van der Waals surface area contributed by atoms with Gasteiger partial charge in [-0.3, -0.25) is 4.98 Å². The SMILES string of the molecule is Cl.O=C(O)c1ccncc1C1CC1. The summed E-state index contributed by atoms with van der Waals surface area (Å²) >= 11 is 0. The van der Waals surface area contributed by atoms with Crippen LogP contribution in [0.15, 0.2) is 18.5 Å². The van der Waals surface area contributed by atoms with Gasteiger partial charge in [0.2, 0.25) is 0 Å². The van der Waals surface area contributed by atoms with Gasteiger partial charge in [-0.15, -0.1) is 12.4 Å². The first-order valence-corrected chi connectivity index (χ1v) is 3.96. The first-order valence-electron chi connectivity index (χ1n) is 3.96. The third-order valence-corrected chi connectivity index (χ3v) is 2.10. The summed E-state index contributed by atoms with van der Waals surface area (Å²) in [4.78, 5) is 14.7. The van der Waals surface area contributed by atoms with E-state index in [1.165, 1.54) is 6.20 Å². The summed E-state index contributed by atoms with van der Waals surface area (Å²) in [7, 11) is 0. The zero-order valence-electron chi connectivity index (χ0n) is 6.93. The Balaban J connectivity index is 0.000000845. The van der Waals surface area contributed by atoms with E-state index in [2.05, 4.69) is 4.98 Å². The molecule has 1 aliphatic carbocycles. The van der Waals surface area contributed by atoms with Gasteiger partial charge in [0, 0.05) is 12.4 Å². The molecule has 1 heterocycles. The van der Waals surface area contributed by atoms with Crippen LogP contribution in [0.4, 0.5) is 0 Å². The monoisotopic (exact) mass is 199 g/mol. The zero-order valence-corrected chi connectivity index (χ0v) is 7.75. The minimum atomic E-state index is -0.848. The van der Waals surface area contributed by atoms with Crippen molar-refractivity contribution in [1.29, 1.82) is 0 Å². The van der Waals surface area contributed by atoms with Crippen molar-refractivity contribution in [3.8, 4) is 0 Å². The number of aromatic carboxylic acids is 1. The maximum Gasteiger partial charge on any atom is 0.336 e. The second kappa shape index (κ2) is 3.75. The van der Waals surface area contributed by atoms with Gasteiger partial charge in [0.25, 0.3) is 0 Å². The summed E-state index contributed by atoms with van der Waals surface area (Å²) in [6.07, 6.45) is 5.40. The van der Waals surface area contributed by atoms with E-state index in [0.29, 0.717) is 11.5 Å². The molecular weight excluding hydrogens is 190 g/mol. The molecule has 0 amide bonds. The molecule has 1 aromatic rings. The van der Waals surface area contributed by atoms with Crippen molar-refractivity contribution in [1.82, 2.24) is 4.98 Å². The molecule has 0 saturated heterocycles. The van der Waals surface area contributed by atoms with Crippen LogP contribution in [0.5, 0.6) is 0 Å². The number of hydrogen-bond acceptors (Lipinski definition) is 2. The Hall–Kier alpha value is -1.09. The maximum absolute atomic E-state index is 10.7. The summed E-state index contributed by atoms with van der Waals surface area (Å²) in [6.45, 7) is 0. The first-order chi connectivity index (χ1) is 5.79. The zero-order chi connectivity index (χ0) is 8.55. The third kappa shape index (κ3) is 1.98. The highest BCUT2D eigenvalue weighted by atomic mass is 35.5. The first kappa shape index (κ1) is 9.99. The summed E-state index contributed by atoms with van der Waals surface area (Å²) in [5, 5.41) is 8.81. The minimum Gasteiger partial charge on any atom is -0.478 e. The second-order valence-electron chi connectivity index (χ2n) is 3.04. The van der Waals surface area contributed by atoms with Gasteiger partial charge in [-0.25, -0.2) is 4.79 Å². The maximum atomic E-state index is 10.7. The number of carboxylic acid groups (broad SMARTS) is 1. The molecule has 0 aromatic carbocycles. The Kier molecular flexibility index (Phi) is 2.88. The van der Waals surface area contributed by atoms with E-state index < -0.39 is 5.97 Å². The Morgan fingerprint density at radius 1 is 1.54 bits per heavy atom. The van der Waals surface area contributed by atoms with Crippen LogP contribution in [-0.4, -0.2) is 16.1 Å². The molecule has 1 saturated carbocycles. The van der Waals surface area contributed by atoms with E-state index in [4.69, 9.17) is 5.11 Å². The highest BCUT2D eigenvalue weighted by Crippen LogP contribution is 2.41. The molecule has 0 atom stereocenters. The van der Waals surface area contributed by atoms with Crippen molar-refractivity contribution in [2.45, 2.75) is 18.8 Å². The van der Waals surface area contributed by atoms with Crippen LogP contribution in [0.2, 0.25) is 0 Å². The van der Waals surface area contributed by atoms with Crippen molar-refractivity contribution >= 4 is 18.4 Å². The average Bonchev–Trinajstić information content (AvgIpc) is 2.87. The molecule has 1 aromatic heterocycles. The smallest absolute Gasteiger partial charge is 0.336 e. The molecule has 1 aliphatic rings. The van der Waals surface area contributed by atoms with Crippen LogP contribution in [0, 0.1) is 0 Å². The number of carbonyl (C=O) groups is 1. The summed E-state index contributed by atoms with van der Waals surface area (Å²) in [5.41, 5.74) is 1.30. The lowest BCUT2D eigenvalue weighted by Gasteiger charge is -2.01. The molecule has 70 valence electrons. The Morgan fingerprint density at radius 3 is 2.77 bits per heavy atom. The molecular formula is C9H10ClNO2. The molecule has 0 unspecified atom stereocenters. The molecule has 2 rings (SSSR count). The topological polar surface area (TPSA) is 50.2 Å². The largest absolute Gasteiger partial charge is 0.478 e. The lowest BCUT2D eigenvalue weighted by atomic mass is 10.1. The molecule has 0 aliphatic heterocycles. The van der Waals surface area contributed by atoms with Crippen LogP contribution < -0.4 is 0 Å². The number of aromatic nitrogens is 1. The summed E-state index contributed by atoms with van der Waals surface area (Å²) in [6, 6.07) is 1.57. The normalized spacial score (nSPS) is 14.8. The highest BCUT2D eigenvalue weighted by Gasteiger charge is 2.27. The fourth-order valence-corrected chi connectivity index (χ4v) is 1.32. The molecule has 0 bridgehead atoms. The Labute approximate surface area is 82.2 Å². The molecule has 0 spiro atoms. The highest BCUT2D eigenvalue weighted by molar-refractivity contribution is 5.89. The minimum absolute atomic E-state index is 0. The van der Waals surface area contributed by atoms with Crippen LogP contribution >= 0.6 is 12.4 Å². The Bertz CT molecular complexity index is 323. The van der Waals surface area contributed by atoms with E-state index in [1.54, 1.807) is 12.3 Å². The molecule has 0 radical (unpaired) electrons. The quantitative estimate of drug-likeness (QED) is 0.794. The lowest BCUT2D eigenvalue weighted by Crippen LogP contribution is -2.01. The predicted molar refractivity (Wildman–Crippen MR) is 50.4 cm³/mol. The van der Waals surface area contributed by atoms with Crippen molar-refractivity contribution in [3.05, 3.63) is 29.6 Å². The van der Waals surface area contributed by atoms with Gasteiger partial charge in [-0.1, -0.05) is 0 Å². The number of hydrogen-bond donors (Lipinski definition) is 1.